The third kappa shape index (κ3) is 5.39. The average Bonchev–Trinajstić information content (AvgIpc) is 2.73. The van der Waals surface area contributed by atoms with E-state index in [9.17, 15) is 4.39 Å². The number of guanidine groups is 1. The van der Waals surface area contributed by atoms with Crippen LogP contribution in [0.3, 0.4) is 0 Å². The predicted octanol–water partition coefficient (Wildman–Crippen LogP) is 2.38. The first-order valence-corrected chi connectivity index (χ1v) is 10.7. The second-order valence-electron chi connectivity index (χ2n) is 8.54. The Labute approximate surface area is 174 Å². The summed E-state index contributed by atoms with van der Waals surface area (Å²) in [5.74, 6) is 0.667. The molecule has 3 rings (SSSR count). The minimum atomic E-state index is -0.147. The van der Waals surface area contributed by atoms with Gasteiger partial charge in [0.15, 0.2) is 5.96 Å². The van der Waals surface area contributed by atoms with Gasteiger partial charge in [-0.3, -0.25) is 4.99 Å². The number of anilines is 1. The van der Waals surface area contributed by atoms with Crippen LogP contribution < -0.4 is 15.5 Å². The molecule has 1 unspecified atom stereocenters. The van der Waals surface area contributed by atoms with E-state index in [1.807, 2.05) is 26.1 Å². The van der Waals surface area contributed by atoms with Crippen LogP contribution in [0.5, 0.6) is 0 Å². The number of hydrogen-bond acceptors (Lipinski definition) is 4. The standard InChI is InChI=1S/C22H36FN5O/c1-17-7-8-19(23)20(14-17)28-11-5-6-18(15-28)26-21(24-2)25-16-22(27(3)4)9-12-29-13-10-22/h7-8,14,18H,5-6,9-13,15-16H2,1-4H3,(H2,24,25,26). The molecule has 7 heteroatoms. The molecule has 0 amide bonds. The summed E-state index contributed by atoms with van der Waals surface area (Å²) in [7, 11) is 6.08. The number of rotatable bonds is 5. The largest absolute Gasteiger partial charge is 0.381 e. The summed E-state index contributed by atoms with van der Waals surface area (Å²) >= 11 is 0. The van der Waals surface area contributed by atoms with E-state index < -0.39 is 0 Å². The Morgan fingerprint density at radius 2 is 2.10 bits per heavy atom. The Morgan fingerprint density at radius 1 is 1.34 bits per heavy atom. The van der Waals surface area contributed by atoms with Gasteiger partial charge in [-0.25, -0.2) is 4.39 Å². The first-order chi connectivity index (χ1) is 13.9. The quantitative estimate of drug-likeness (QED) is 0.582. The van der Waals surface area contributed by atoms with Gasteiger partial charge in [0.2, 0.25) is 0 Å². The summed E-state index contributed by atoms with van der Waals surface area (Å²) in [5.41, 5.74) is 1.87. The highest BCUT2D eigenvalue weighted by molar-refractivity contribution is 5.80. The Morgan fingerprint density at radius 3 is 2.79 bits per heavy atom. The van der Waals surface area contributed by atoms with Gasteiger partial charge in [0.25, 0.3) is 0 Å². The number of ether oxygens (including phenoxy) is 1. The summed E-state index contributed by atoms with van der Waals surface area (Å²) in [4.78, 5) is 8.89. The van der Waals surface area contributed by atoms with E-state index in [-0.39, 0.29) is 17.4 Å². The van der Waals surface area contributed by atoms with Gasteiger partial charge in [-0.2, -0.15) is 0 Å². The number of aryl methyl sites for hydroxylation is 1. The number of nitrogens with one attached hydrogen (secondary N) is 2. The topological polar surface area (TPSA) is 52.1 Å². The van der Waals surface area contributed by atoms with E-state index in [0.29, 0.717) is 5.69 Å². The first-order valence-electron chi connectivity index (χ1n) is 10.7. The van der Waals surface area contributed by atoms with Crippen LogP contribution >= 0.6 is 0 Å². The first kappa shape index (κ1) is 21.8. The lowest BCUT2D eigenvalue weighted by molar-refractivity contribution is -0.00503. The van der Waals surface area contributed by atoms with Crippen LogP contribution in [0.15, 0.2) is 23.2 Å². The van der Waals surface area contributed by atoms with Crippen LogP contribution in [0.2, 0.25) is 0 Å². The minimum Gasteiger partial charge on any atom is -0.381 e. The van der Waals surface area contributed by atoms with Gasteiger partial charge in [-0.1, -0.05) is 6.07 Å². The van der Waals surface area contributed by atoms with Crippen LogP contribution in [0.4, 0.5) is 10.1 Å². The van der Waals surface area contributed by atoms with Crippen molar-refractivity contribution < 1.29 is 9.13 Å². The number of hydrogen-bond donors (Lipinski definition) is 2. The zero-order chi connectivity index (χ0) is 20.9. The monoisotopic (exact) mass is 405 g/mol. The van der Waals surface area contributed by atoms with Gasteiger partial charge in [0.1, 0.15) is 5.82 Å². The molecule has 162 valence electrons. The van der Waals surface area contributed by atoms with Crippen molar-refractivity contribution in [1.29, 1.82) is 0 Å². The van der Waals surface area contributed by atoms with E-state index in [2.05, 4.69) is 39.5 Å². The normalized spacial score (nSPS) is 22.6. The van der Waals surface area contributed by atoms with Crippen molar-refractivity contribution >= 4 is 11.6 Å². The maximum Gasteiger partial charge on any atom is 0.191 e. The predicted molar refractivity (Wildman–Crippen MR) is 117 cm³/mol. The number of benzene rings is 1. The van der Waals surface area contributed by atoms with Crippen molar-refractivity contribution in [2.75, 3.05) is 58.9 Å². The highest BCUT2D eigenvalue weighted by Crippen LogP contribution is 2.26. The maximum atomic E-state index is 14.3. The molecule has 0 bridgehead atoms. The molecule has 0 aromatic heterocycles. The second-order valence-corrected chi connectivity index (χ2v) is 8.54. The van der Waals surface area contributed by atoms with Crippen molar-refractivity contribution in [3.8, 4) is 0 Å². The smallest absolute Gasteiger partial charge is 0.191 e. The maximum absolute atomic E-state index is 14.3. The molecule has 0 saturated carbocycles. The molecule has 1 aromatic rings. The molecular weight excluding hydrogens is 369 g/mol. The fraction of sp³-hybridized carbons (Fsp3) is 0.682. The number of piperidine rings is 1. The zero-order valence-electron chi connectivity index (χ0n) is 18.3. The Kier molecular flexibility index (Phi) is 7.35. The molecule has 29 heavy (non-hydrogen) atoms. The zero-order valence-corrected chi connectivity index (χ0v) is 18.3. The third-order valence-corrected chi connectivity index (χ3v) is 6.39. The second kappa shape index (κ2) is 9.76. The van der Waals surface area contributed by atoms with Crippen molar-refractivity contribution in [3.05, 3.63) is 29.6 Å². The number of aliphatic imine (C=N–C) groups is 1. The minimum absolute atomic E-state index is 0.0825. The molecule has 0 radical (unpaired) electrons. The molecule has 2 heterocycles. The van der Waals surface area contributed by atoms with E-state index in [1.54, 1.807) is 6.07 Å². The van der Waals surface area contributed by atoms with Gasteiger partial charge >= 0.3 is 0 Å². The molecule has 1 aromatic carbocycles. The fourth-order valence-electron chi connectivity index (χ4n) is 4.35. The van der Waals surface area contributed by atoms with Gasteiger partial charge in [-0.15, -0.1) is 0 Å². The molecule has 0 spiro atoms. The summed E-state index contributed by atoms with van der Waals surface area (Å²) in [6.07, 6.45) is 4.10. The highest BCUT2D eigenvalue weighted by Gasteiger charge is 2.35. The van der Waals surface area contributed by atoms with Gasteiger partial charge in [-0.05, 0) is 64.4 Å². The Balaban J connectivity index is 1.59. The molecular formula is C22H36FN5O. The molecule has 2 aliphatic heterocycles. The van der Waals surface area contributed by atoms with Crippen LogP contribution in [-0.4, -0.2) is 76.4 Å². The van der Waals surface area contributed by atoms with Crippen LogP contribution in [-0.2, 0) is 4.74 Å². The lowest BCUT2D eigenvalue weighted by Crippen LogP contribution is -2.58. The summed E-state index contributed by atoms with van der Waals surface area (Å²) < 4.78 is 19.9. The van der Waals surface area contributed by atoms with Crippen molar-refractivity contribution in [3.63, 3.8) is 0 Å². The summed E-state index contributed by atoms with van der Waals surface area (Å²) in [5, 5.41) is 7.09. The molecule has 2 aliphatic rings. The molecule has 6 nitrogen and oxygen atoms in total. The molecule has 0 aliphatic carbocycles. The molecule has 2 saturated heterocycles. The van der Waals surface area contributed by atoms with E-state index in [0.717, 1.165) is 70.1 Å². The van der Waals surface area contributed by atoms with Gasteiger partial charge in [0.05, 0.1) is 5.69 Å². The van der Waals surface area contributed by atoms with Crippen LogP contribution in [0, 0.1) is 12.7 Å². The summed E-state index contributed by atoms with van der Waals surface area (Å²) in [6, 6.07) is 5.56. The van der Waals surface area contributed by atoms with Crippen LogP contribution in [0.1, 0.15) is 31.2 Å². The number of likely N-dealkylation sites (N-methyl/N-ethyl adjacent to an activating group) is 1. The van der Waals surface area contributed by atoms with E-state index in [4.69, 9.17) is 4.74 Å². The van der Waals surface area contributed by atoms with Crippen LogP contribution in [0.25, 0.3) is 0 Å². The van der Waals surface area contributed by atoms with Crippen molar-refractivity contribution in [2.24, 2.45) is 4.99 Å². The Hall–Kier alpha value is -1.86. The summed E-state index contributed by atoms with van der Waals surface area (Å²) in [6.45, 7) is 6.08. The third-order valence-electron chi connectivity index (χ3n) is 6.39. The lowest BCUT2D eigenvalue weighted by atomic mass is 9.88. The average molecular weight is 406 g/mol. The SMILES string of the molecule is CN=C(NCC1(N(C)C)CCOCC1)NC1CCCN(c2cc(C)ccc2F)C1. The van der Waals surface area contributed by atoms with Gasteiger partial charge in [0, 0.05) is 51.5 Å². The van der Waals surface area contributed by atoms with Crippen molar-refractivity contribution in [2.45, 2.75) is 44.2 Å². The molecule has 1 atom stereocenters. The lowest BCUT2D eigenvalue weighted by Gasteiger charge is -2.43. The molecule has 2 fully saturated rings. The Bertz CT molecular complexity index is 702. The fourth-order valence-corrected chi connectivity index (χ4v) is 4.35. The molecule has 2 N–H and O–H groups in total. The van der Waals surface area contributed by atoms with E-state index in [1.165, 1.54) is 0 Å². The highest BCUT2D eigenvalue weighted by atomic mass is 19.1. The van der Waals surface area contributed by atoms with Crippen molar-refractivity contribution in [1.82, 2.24) is 15.5 Å². The number of nitrogens with zero attached hydrogens (tertiary/aromatic N) is 3. The number of halogens is 1. The van der Waals surface area contributed by atoms with E-state index >= 15 is 0 Å². The van der Waals surface area contributed by atoms with Gasteiger partial charge < -0.3 is 25.2 Å².